The number of nitrogens with one attached hydrogen (secondary N) is 1. The van der Waals surface area contributed by atoms with E-state index in [1.54, 1.807) is 12.1 Å². The Hall–Kier alpha value is -0.960. The highest BCUT2D eigenvalue weighted by Gasteiger charge is 2.37. The van der Waals surface area contributed by atoms with Crippen molar-refractivity contribution in [2.45, 2.75) is 25.7 Å². The third-order valence-electron chi connectivity index (χ3n) is 3.17. The SMILES string of the molecule is CCNCC1CC1c1cccc(C(F)F)c1. The fourth-order valence-corrected chi connectivity index (χ4v) is 2.14. The van der Waals surface area contributed by atoms with Crippen LogP contribution in [0.25, 0.3) is 0 Å². The molecule has 1 saturated carbocycles. The molecule has 0 heterocycles. The topological polar surface area (TPSA) is 12.0 Å². The number of hydrogen-bond donors (Lipinski definition) is 1. The average Bonchev–Trinajstić information content (AvgIpc) is 3.06. The zero-order valence-electron chi connectivity index (χ0n) is 9.42. The number of benzene rings is 1. The molecule has 3 heteroatoms. The Labute approximate surface area is 94.9 Å². The minimum atomic E-state index is -2.36. The summed E-state index contributed by atoms with van der Waals surface area (Å²) >= 11 is 0. The van der Waals surface area contributed by atoms with E-state index in [1.165, 1.54) is 6.07 Å². The molecule has 88 valence electrons. The zero-order valence-corrected chi connectivity index (χ0v) is 9.42. The first kappa shape index (κ1) is 11.5. The van der Waals surface area contributed by atoms with Gasteiger partial charge in [0, 0.05) is 5.56 Å². The highest BCUT2D eigenvalue weighted by atomic mass is 19.3. The number of rotatable bonds is 5. The molecule has 0 radical (unpaired) electrons. The third kappa shape index (κ3) is 2.59. The van der Waals surface area contributed by atoms with Gasteiger partial charge in [0.2, 0.25) is 0 Å². The van der Waals surface area contributed by atoms with Crippen LogP contribution >= 0.6 is 0 Å². The maximum atomic E-state index is 12.5. The van der Waals surface area contributed by atoms with Crippen molar-refractivity contribution < 1.29 is 8.78 Å². The van der Waals surface area contributed by atoms with Gasteiger partial charge in [0.15, 0.2) is 0 Å². The van der Waals surface area contributed by atoms with Crippen molar-refractivity contribution >= 4 is 0 Å². The van der Waals surface area contributed by atoms with Crippen LogP contribution in [0.2, 0.25) is 0 Å². The van der Waals surface area contributed by atoms with E-state index in [0.717, 1.165) is 25.1 Å². The van der Waals surface area contributed by atoms with Crippen molar-refractivity contribution in [1.29, 1.82) is 0 Å². The first-order chi connectivity index (χ1) is 7.72. The monoisotopic (exact) mass is 225 g/mol. The molecule has 1 N–H and O–H groups in total. The lowest BCUT2D eigenvalue weighted by atomic mass is 10.1. The van der Waals surface area contributed by atoms with E-state index in [9.17, 15) is 8.78 Å². The largest absolute Gasteiger partial charge is 0.317 e. The lowest BCUT2D eigenvalue weighted by Crippen LogP contribution is -2.16. The molecule has 0 spiro atoms. The van der Waals surface area contributed by atoms with Gasteiger partial charge in [-0.3, -0.25) is 0 Å². The van der Waals surface area contributed by atoms with E-state index >= 15 is 0 Å². The van der Waals surface area contributed by atoms with Crippen LogP contribution in [0, 0.1) is 5.92 Å². The quantitative estimate of drug-likeness (QED) is 0.810. The summed E-state index contributed by atoms with van der Waals surface area (Å²) in [4.78, 5) is 0. The minimum absolute atomic E-state index is 0.145. The number of alkyl halides is 2. The lowest BCUT2D eigenvalue weighted by molar-refractivity contribution is 0.151. The second-order valence-electron chi connectivity index (χ2n) is 4.38. The Kier molecular flexibility index (Phi) is 3.54. The second-order valence-corrected chi connectivity index (χ2v) is 4.38. The summed E-state index contributed by atoms with van der Waals surface area (Å²) in [6.45, 7) is 4.05. The van der Waals surface area contributed by atoms with Crippen LogP contribution in [0.3, 0.4) is 0 Å². The summed E-state index contributed by atoms with van der Waals surface area (Å²) in [6, 6.07) is 6.85. The van der Waals surface area contributed by atoms with Crippen LogP contribution in [-0.4, -0.2) is 13.1 Å². The molecule has 1 aliphatic carbocycles. The van der Waals surface area contributed by atoms with Crippen molar-refractivity contribution in [2.24, 2.45) is 5.92 Å². The minimum Gasteiger partial charge on any atom is -0.317 e. The van der Waals surface area contributed by atoms with Crippen LogP contribution in [-0.2, 0) is 0 Å². The molecule has 2 atom stereocenters. The van der Waals surface area contributed by atoms with Gasteiger partial charge in [0.25, 0.3) is 6.43 Å². The van der Waals surface area contributed by atoms with Gasteiger partial charge in [-0.15, -0.1) is 0 Å². The maximum absolute atomic E-state index is 12.5. The van der Waals surface area contributed by atoms with Crippen molar-refractivity contribution in [3.63, 3.8) is 0 Å². The molecule has 0 amide bonds. The maximum Gasteiger partial charge on any atom is 0.263 e. The Morgan fingerprint density at radius 2 is 2.25 bits per heavy atom. The average molecular weight is 225 g/mol. The van der Waals surface area contributed by atoms with Crippen LogP contribution in [0.1, 0.15) is 36.8 Å². The second kappa shape index (κ2) is 4.91. The predicted octanol–water partition coefficient (Wildman–Crippen LogP) is 3.34. The van der Waals surface area contributed by atoms with Crippen molar-refractivity contribution in [3.8, 4) is 0 Å². The van der Waals surface area contributed by atoms with Gasteiger partial charge in [0.1, 0.15) is 0 Å². The van der Waals surface area contributed by atoms with Crippen molar-refractivity contribution in [2.75, 3.05) is 13.1 Å². The van der Waals surface area contributed by atoms with Crippen molar-refractivity contribution in [3.05, 3.63) is 35.4 Å². The molecule has 1 nitrogen and oxygen atoms in total. The van der Waals surface area contributed by atoms with Crippen LogP contribution in [0.5, 0.6) is 0 Å². The smallest absolute Gasteiger partial charge is 0.263 e. The van der Waals surface area contributed by atoms with Crippen LogP contribution in [0.15, 0.2) is 24.3 Å². The van der Waals surface area contributed by atoms with Crippen molar-refractivity contribution in [1.82, 2.24) is 5.32 Å². The molecule has 16 heavy (non-hydrogen) atoms. The molecule has 0 saturated heterocycles. The van der Waals surface area contributed by atoms with E-state index in [0.29, 0.717) is 11.8 Å². The molecule has 1 aromatic rings. The molecule has 0 aliphatic heterocycles. The summed E-state index contributed by atoms with van der Waals surface area (Å²) < 4.78 is 25.0. The molecule has 0 bridgehead atoms. The normalized spacial score (nSPS) is 23.8. The summed E-state index contributed by atoms with van der Waals surface area (Å²) in [7, 11) is 0. The standard InChI is InChI=1S/C13H17F2N/c1-2-16-8-11-7-12(11)9-4-3-5-10(6-9)13(14)15/h3-6,11-13,16H,2,7-8H2,1H3. The fraction of sp³-hybridized carbons (Fsp3) is 0.538. The van der Waals surface area contributed by atoms with E-state index < -0.39 is 6.43 Å². The Morgan fingerprint density at radius 3 is 2.94 bits per heavy atom. The van der Waals surface area contributed by atoms with Gasteiger partial charge in [-0.1, -0.05) is 25.1 Å². The molecule has 1 aromatic carbocycles. The van der Waals surface area contributed by atoms with Gasteiger partial charge in [0.05, 0.1) is 0 Å². The highest BCUT2D eigenvalue weighted by Crippen LogP contribution is 2.47. The first-order valence-corrected chi connectivity index (χ1v) is 5.81. The summed E-state index contributed by atoms with van der Waals surface area (Å²) in [5.41, 5.74) is 1.22. The number of hydrogen-bond acceptors (Lipinski definition) is 1. The van der Waals surface area contributed by atoms with Gasteiger partial charge in [-0.25, -0.2) is 8.78 Å². The van der Waals surface area contributed by atoms with Gasteiger partial charge in [-0.2, -0.15) is 0 Å². The van der Waals surface area contributed by atoms with E-state index in [1.807, 2.05) is 6.07 Å². The molecule has 1 aliphatic rings. The Balaban J connectivity index is 1.98. The summed E-state index contributed by atoms with van der Waals surface area (Å²) in [6.07, 6.45) is -1.23. The molecule has 2 unspecified atom stereocenters. The fourth-order valence-electron chi connectivity index (χ4n) is 2.14. The molecular formula is C13H17F2N. The van der Waals surface area contributed by atoms with Crippen LogP contribution in [0.4, 0.5) is 8.78 Å². The Morgan fingerprint density at radius 1 is 1.44 bits per heavy atom. The molecule has 0 aromatic heterocycles. The highest BCUT2D eigenvalue weighted by molar-refractivity contribution is 5.31. The number of halogens is 2. The van der Waals surface area contributed by atoms with Gasteiger partial charge >= 0.3 is 0 Å². The van der Waals surface area contributed by atoms with Gasteiger partial charge in [-0.05, 0) is 43.0 Å². The third-order valence-corrected chi connectivity index (χ3v) is 3.17. The molecular weight excluding hydrogens is 208 g/mol. The first-order valence-electron chi connectivity index (χ1n) is 5.81. The molecule has 1 fully saturated rings. The van der Waals surface area contributed by atoms with E-state index in [4.69, 9.17) is 0 Å². The Bertz CT molecular complexity index is 352. The predicted molar refractivity (Wildman–Crippen MR) is 60.8 cm³/mol. The van der Waals surface area contributed by atoms with Gasteiger partial charge < -0.3 is 5.32 Å². The summed E-state index contributed by atoms with van der Waals surface area (Å²) in [5, 5.41) is 3.30. The van der Waals surface area contributed by atoms with E-state index in [2.05, 4.69) is 12.2 Å². The van der Waals surface area contributed by atoms with Crippen LogP contribution < -0.4 is 5.32 Å². The lowest BCUT2D eigenvalue weighted by Gasteiger charge is -2.04. The van der Waals surface area contributed by atoms with E-state index in [-0.39, 0.29) is 5.56 Å². The summed E-state index contributed by atoms with van der Waals surface area (Å²) in [5.74, 6) is 1.12. The molecule has 2 rings (SSSR count). The zero-order chi connectivity index (χ0) is 11.5.